The lowest BCUT2D eigenvalue weighted by molar-refractivity contribution is 0.0428. The molecule has 1 aromatic carbocycles. The van der Waals surface area contributed by atoms with E-state index in [1.54, 1.807) is 0 Å². The van der Waals surface area contributed by atoms with Crippen LogP contribution in [0.15, 0.2) is 12.1 Å². The Morgan fingerprint density at radius 2 is 1.89 bits per heavy atom. The van der Waals surface area contributed by atoms with Gasteiger partial charge in [0.2, 0.25) is 0 Å². The maximum Gasteiger partial charge on any atom is 0.341 e. The summed E-state index contributed by atoms with van der Waals surface area (Å²) in [6.45, 7) is 4.19. The first-order valence-corrected chi connectivity index (χ1v) is 5.91. The summed E-state index contributed by atoms with van der Waals surface area (Å²) in [7, 11) is 0. The van der Waals surface area contributed by atoms with Gasteiger partial charge in [0.05, 0.1) is 17.9 Å². The van der Waals surface area contributed by atoms with Crippen LogP contribution in [0.4, 0.5) is 14.5 Å². The molecule has 3 nitrogen and oxygen atoms in total. The van der Waals surface area contributed by atoms with E-state index in [-0.39, 0.29) is 23.8 Å². The molecular weight excluding hydrogens is 240 g/mol. The Kier molecular flexibility index (Phi) is 5.07. The number of halogens is 2. The molecule has 1 rings (SSSR count). The molecule has 0 saturated carbocycles. The highest BCUT2D eigenvalue weighted by Gasteiger charge is 2.17. The van der Waals surface area contributed by atoms with Crippen LogP contribution in [0.3, 0.4) is 0 Å². The number of rotatable bonds is 5. The van der Waals surface area contributed by atoms with Crippen molar-refractivity contribution in [2.24, 2.45) is 5.92 Å². The number of anilines is 1. The summed E-state index contributed by atoms with van der Waals surface area (Å²) in [5, 5.41) is 0. The Bertz CT molecular complexity index is 431. The van der Waals surface area contributed by atoms with Gasteiger partial charge in [-0.3, -0.25) is 0 Å². The van der Waals surface area contributed by atoms with E-state index in [0.29, 0.717) is 6.07 Å². The predicted molar refractivity (Wildman–Crippen MR) is 65.1 cm³/mol. The highest BCUT2D eigenvalue weighted by Crippen LogP contribution is 2.18. The van der Waals surface area contributed by atoms with E-state index in [9.17, 15) is 13.6 Å². The van der Waals surface area contributed by atoms with Gasteiger partial charge in [0, 0.05) is 6.07 Å². The minimum absolute atomic E-state index is 0.225. The molecular formula is C13H17F2NO2. The number of nitrogens with two attached hydrogens (primary N) is 1. The van der Waals surface area contributed by atoms with Gasteiger partial charge in [0.1, 0.15) is 11.6 Å². The number of esters is 1. The van der Waals surface area contributed by atoms with Crippen LogP contribution in [-0.2, 0) is 4.74 Å². The average molecular weight is 257 g/mol. The number of ether oxygens (including phenoxy) is 1. The molecule has 0 aliphatic carbocycles. The zero-order valence-corrected chi connectivity index (χ0v) is 10.5. The van der Waals surface area contributed by atoms with Crippen molar-refractivity contribution in [2.75, 3.05) is 12.3 Å². The zero-order valence-electron chi connectivity index (χ0n) is 10.5. The highest BCUT2D eigenvalue weighted by atomic mass is 19.1. The number of hydrogen-bond donors (Lipinski definition) is 1. The van der Waals surface area contributed by atoms with Gasteiger partial charge in [-0.05, 0) is 12.0 Å². The molecule has 18 heavy (non-hydrogen) atoms. The molecule has 0 radical (unpaired) electrons. The molecule has 0 heterocycles. The fourth-order valence-corrected chi connectivity index (χ4v) is 1.52. The van der Waals surface area contributed by atoms with Crippen LogP contribution < -0.4 is 5.73 Å². The first-order chi connectivity index (χ1) is 8.49. The molecule has 1 aromatic rings. The van der Waals surface area contributed by atoms with Crippen molar-refractivity contribution in [2.45, 2.75) is 26.7 Å². The van der Waals surface area contributed by atoms with Crippen molar-refractivity contribution >= 4 is 11.7 Å². The molecule has 0 unspecified atom stereocenters. The van der Waals surface area contributed by atoms with Gasteiger partial charge in [-0.1, -0.05) is 26.7 Å². The lowest BCUT2D eigenvalue weighted by Gasteiger charge is -2.13. The molecule has 5 heteroatoms. The van der Waals surface area contributed by atoms with Crippen molar-refractivity contribution in [3.05, 3.63) is 29.3 Å². The van der Waals surface area contributed by atoms with Crippen LogP contribution in [0.5, 0.6) is 0 Å². The Morgan fingerprint density at radius 1 is 1.28 bits per heavy atom. The van der Waals surface area contributed by atoms with Crippen LogP contribution >= 0.6 is 0 Å². The first-order valence-electron chi connectivity index (χ1n) is 5.91. The SMILES string of the molecule is CCC(CC)COC(=O)c1cc(N)c(F)cc1F. The Labute approximate surface area is 105 Å². The van der Waals surface area contributed by atoms with Crippen molar-refractivity contribution < 1.29 is 18.3 Å². The van der Waals surface area contributed by atoms with Gasteiger partial charge in [0.25, 0.3) is 0 Å². The third kappa shape index (κ3) is 3.42. The predicted octanol–water partition coefficient (Wildman–Crippen LogP) is 3.14. The third-order valence-electron chi connectivity index (χ3n) is 2.91. The van der Waals surface area contributed by atoms with Crippen molar-refractivity contribution in [3.63, 3.8) is 0 Å². The lowest BCUT2D eigenvalue weighted by atomic mass is 10.1. The van der Waals surface area contributed by atoms with Crippen molar-refractivity contribution in [3.8, 4) is 0 Å². The Hall–Kier alpha value is -1.65. The normalized spacial score (nSPS) is 10.7. The molecule has 0 fully saturated rings. The summed E-state index contributed by atoms with van der Waals surface area (Å²) in [5.74, 6) is -2.42. The van der Waals surface area contributed by atoms with Crippen LogP contribution in [0.2, 0.25) is 0 Å². The van der Waals surface area contributed by atoms with Crippen LogP contribution in [0.1, 0.15) is 37.0 Å². The molecule has 0 amide bonds. The first kappa shape index (κ1) is 14.4. The van der Waals surface area contributed by atoms with E-state index in [1.165, 1.54) is 0 Å². The van der Waals surface area contributed by atoms with Gasteiger partial charge in [-0.2, -0.15) is 0 Å². The molecule has 0 atom stereocenters. The number of hydrogen-bond acceptors (Lipinski definition) is 3. The number of carbonyl (C=O) groups excluding carboxylic acids is 1. The maximum atomic E-state index is 13.4. The molecule has 100 valence electrons. The summed E-state index contributed by atoms with van der Waals surface area (Å²) < 4.78 is 31.3. The second-order valence-electron chi connectivity index (χ2n) is 4.13. The molecule has 0 aromatic heterocycles. The molecule has 0 spiro atoms. The quantitative estimate of drug-likeness (QED) is 0.651. The van der Waals surface area contributed by atoms with Crippen molar-refractivity contribution in [1.29, 1.82) is 0 Å². The summed E-state index contributed by atoms with van der Waals surface area (Å²) >= 11 is 0. The molecule has 0 aliphatic heterocycles. The largest absolute Gasteiger partial charge is 0.462 e. The van der Waals surface area contributed by atoms with Gasteiger partial charge in [-0.15, -0.1) is 0 Å². The van der Waals surface area contributed by atoms with Crippen molar-refractivity contribution in [1.82, 2.24) is 0 Å². The number of nitrogen functional groups attached to an aromatic ring is 1. The summed E-state index contributed by atoms with van der Waals surface area (Å²) in [5.41, 5.74) is 4.68. The van der Waals surface area contributed by atoms with Gasteiger partial charge >= 0.3 is 5.97 Å². The van der Waals surface area contributed by atoms with Crippen LogP contribution in [0, 0.1) is 17.6 Å². The zero-order chi connectivity index (χ0) is 13.7. The van der Waals surface area contributed by atoms with Crippen LogP contribution in [-0.4, -0.2) is 12.6 Å². The highest BCUT2D eigenvalue weighted by molar-refractivity contribution is 5.90. The fraction of sp³-hybridized carbons (Fsp3) is 0.462. The minimum atomic E-state index is -0.962. The third-order valence-corrected chi connectivity index (χ3v) is 2.91. The summed E-state index contributed by atoms with van der Waals surface area (Å²) in [6, 6.07) is 1.54. The Balaban J connectivity index is 2.76. The second-order valence-corrected chi connectivity index (χ2v) is 4.13. The van der Waals surface area contributed by atoms with E-state index in [4.69, 9.17) is 10.5 Å². The van der Waals surface area contributed by atoms with Gasteiger partial charge in [0.15, 0.2) is 0 Å². The lowest BCUT2D eigenvalue weighted by Crippen LogP contribution is -2.15. The standard InChI is InChI=1S/C13H17F2NO2/c1-3-8(4-2)7-18-13(17)9-5-12(16)11(15)6-10(9)14/h5-6,8H,3-4,7,16H2,1-2H3. The van der Waals surface area contributed by atoms with E-state index in [2.05, 4.69) is 0 Å². The molecule has 0 saturated heterocycles. The monoisotopic (exact) mass is 257 g/mol. The Morgan fingerprint density at radius 3 is 2.44 bits per heavy atom. The fourth-order valence-electron chi connectivity index (χ4n) is 1.52. The topological polar surface area (TPSA) is 52.3 Å². The van der Waals surface area contributed by atoms with E-state index in [1.807, 2.05) is 13.8 Å². The number of benzene rings is 1. The van der Waals surface area contributed by atoms with Crippen LogP contribution in [0.25, 0.3) is 0 Å². The van der Waals surface area contributed by atoms with E-state index < -0.39 is 17.6 Å². The maximum absolute atomic E-state index is 13.4. The van der Waals surface area contributed by atoms with Gasteiger partial charge in [-0.25, -0.2) is 13.6 Å². The summed E-state index contributed by atoms with van der Waals surface area (Å²) in [4.78, 5) is 11.6. The smallest absolute Gasteiger partial charge is 0.341 e. The molecule has 0 bridgehead atoms. The number of carbonyl (C=O) groups is 1. The van der Waals surface area contributed by atoms with Gasteiger partial charge < -0.3 is 10.5 Å². The van der Waals surface area contributed by atoms with E-state index >= 15 is 0 Å². The summed E-state index contributed by atoms with van der Waals surface area (Å²) in [6.07, 6.45) is 1.75. The molecule has 2 N–H and O–H groups in total. The average Bonchev–Trinajstić information content (AvgIpc) is 2.34. The molecule has 0 aliphatic rings. The van der Waals surface area contributed by atoms with E-state index in [0.717, 1.165) is 18.9 Å². The minimum Gasteiger partial charge on any atom is -0.462 e. The second kappa shape index (κ2) is 6.33.